The number of aromatic nitrogens is 2. The molecule has 0 aliphatic carbocycles. The highest BCUT2D eigenvalue weighted by molar-refractivity contribution is 9.10. The number of hydrogen-bond acceptors (Lipinski definition) is 1. The smallest absolute Gasteiger partial charge is 0.137 e. The zero-order chi connectivity index (χ0) is 13.6. The van der Waals surface area contributed by atoms with Crippen molar-refractivity contribution >= 4 is 21.6 Å². The second-order valence-corrected chi connectivity index (χ2v) is 5.37. The zero-order valence-electron chi connectivity index (χ0n) is 10.6. The van der Waals surface area contributed by atoms with Crippen molar-refractivity contribution in [3.63, 3.8) is 0 Å². The van der Waals surface area contributed by atoms with Crippen LogP contribution in [-0.2, 0) is 0 Å². The quantitative estimate of drug-likeness (QED) is 0.644. The molecule has 0 fully saturated rings. The minimum absolute atomic E-state index is 0.244. The molecule has 0 saturated carbocycles. The average Bonchev–Trinajstić information content (AvgIpc) is 2.72. The van der Waals surface area contributed by atoms with Crippen LogP contribution < -0.4 is 0 Å². The van der Waals surface area contributed by atoms with Gasteiger partial charge in [0.15, 0.2) is 0 Å². The van der Waals surface area contributed by atoms with Gasteiger partial charge in [-0.3, -0.25) is 4.40 Å². The first-order chi connectivity index (χ1) is 9.08. The monoisotopic (exact) mass is 318 g/mol. The molecule has 2 nitrogen and oxygen atoms in total. The Morgan fingerprint density at radius 3 is 2.63 bits per heavy atom. The van der Waals surface area contributed by atoms with Gasteiger partial charge < -0.3 is 0 Å². The molecule has 3 rings (SSSR count). The summed E-state index contributed by atoms with van der Waals surface area (Å²) in [6.07, 6.45) is 0. The van der Waals surface area contributed by atoms with Gasteiger partial charge in [0.1, 0.15) is 11.5 Å². The molecule has 0 unspecified atom stereocenters. The minimum atomic E-state index is -0.244. The van der Waals surface area contributed by atoms with Crippen LogP contribution in [0.5, 0.6) is 0 Å². The summed E-state index contributed by atoms with van der Waals surface area (Å²) in [7, 11) is 0. The van der Waals surface area contributed by atoms with Gasteiger partial charge in [0.25, 0.3) is 0 Å². The van der Waals surface area contributed by atoms with Crippen LogP contribution in [0.1, 0.15) is 11.4 Å². The van der Waals surface area contributed by atoms with E-state index in [-0.39, 0.29) is 5.82 Å². The first-order valence-corrected chi connectivity index (χ1v) is 6.77. The lowest BCUT2D eigenvalue weighted by atomic mass is 10.1. The lowest BCUT2D eigenvalue weighted by Crippen LogP contribution is -1.94. The van der Waals surface area contributed by atoms with Crippen molar-refractivity contribution < 1.29 is 4.39 Å². The van der Waals surface area contributed by atoms with Gasteiger partial charge in [-0.2, -0.15) is 0 Å². The number of rotatable bonds is 1. The third-order valence-corrected chi connectivity index (χ3v) is 4.13. The molecule has 0 bridgehead atoms. The Labute approximate surface area is 119 Å². The summed E-state index contributed by atoms with van der Waals surface area (Å²) in [5.41, 5.74) is 4.60. The Kier molecular flexibility index (Phi) is 2.90. The molecule has 0 radical (unpaired) electrons. The molecule has 19 heavy (non-hydrogen) atoms. The largest absolute Gasteiger partial charge is 0.300 e. The Balaban J connectivity index is 2.32. The van der Waals surface area contributed by atoms with Crippen molar-refractivity contribution in [2.75, 3.05) is 0 Å². The van der Waals surface area contributed by atoms with Crippen LogP contribution in [0.15, 0.2) is 40.9 Å². The molecule has 0 spiro atoms. The molecular weight excluding hydrogens is 307 g/mol. The predicted octanol–water partition coefficient (Wildman–Crippen LogP) is 4.52. The van der Waals surface area contributed by atoms with E-state index in [1.165, 1.54) is 12.1 Å². The highest BCUT2D eigenvalue weighted by Gasteiger charge is 2.13. The van der Waals surface area contributed by atoms with E-state index in [9.17, 15) is 4.39 Å². The van der Waals surface area contributed by atoms with Gasteiger partial charge in [-0.05, 0) is 54.0 Å². The predicted molar refractivity (Wildman–Crippen MR) is 77.8 cm³/mol. The fourth-order valence-corrected chi connectivity index (χ4v) is 2.65. The summed E-state index contributed by atoms with van der Waals surface area (Å²) in [5, 5.41) is 0. The normalized spacial score (nSPS) is 11.2. The lowest BCUT2D eigenvalue weighted by Gasteiger charge is -2.04. The van der Waals surface area contributed by atoms with Crippen molar-refractivity contribution in [3.8, 4) is 11.3 Å². The maximum Gasteiger partial charge on any atom is 0.137 e. The molecular formula is C15H12BrFN2. The SMILES string of the molecule is Cc1c(Br)ccc2nc(-c3cccc(F)c3)c(C)n12. The summed E-state index contributed by atoms with van der Waals surface area (Å²) < 4.78 is 16.4. The number of hydrogen-bond donors (Lipinski definition) is 0. The summed E-state index contributed by atoms with van der Waals surface area (Å²) in [4.78, 5) is 4.60. The van der Waals surface area contributed by atoms with Crippen LogP contribution in [0, 0.1) is 19.7 Å². The van der Waals surface area contributed by atoms with Crippen molar-refractivity contribution in [3.05, 3.63) is 58.1 Å². The maximum atomic E-state index is 13.3. The fourth-order valence-electron chi connectivity index (χ4n) is 2.34. The molecule has 1 aromatic carbocycles. The average molecular weight is 319 g/mol. The molecule has 4 heteroatoms. The topological polar surface area (TPSA) is 17.3 Å². The summed E-state index contributed by atoms with van der Waals surface area (Å²) >= 11 is 3.52. The minimum Gasteiger partial charge on any atom is -0.300 e. The number of pyridine rings is 1. The van der Waals surface area contributed by atoms with E-state index in [1.54, 1.807) is 6.07 Å². The molecule has 96 valence electrons. The molecule has 3 aromatic rings. The Morgan fingerprint density at radius 2 is 1.89 bits per heavy atom. The van der Waals surface area contributed by atoms with Crippen molar-refractivity contribution in [1.29, 1.82) is 0 Å². The van der Waals surface area contributed by atoms with E-state index in [4.69, 9.17) is 0 Å². The van der Waals surface area contributed by atoms with Gasteiger partial charge in [0, 0.05) is 21.4 Å². The molecule has 0 amide bonds. The molecule has 2 heterocycles. The van der Waals surface area contributed by atoms with Gasteiger partial charge in [-0.15, -0.1) is 0 Å². The van der Waals surface area contributed by atoms with Gasteiger partial charge >= 0.3 is 0 Å². The maximum absolute atomic E-state index is 13.3. The van der Waals surface area contributed by atoms with Crippen molar-refractivity contribution in [1.82, 2.24) is 9.38 Å². The van der Waals surface area contributed by atoms with Crippen LogP contribution in [-0.4, -0.2) is 9.38 Å². The van der Waals surface area contributed by atoms with E-state index < -0.39 is 0 Å². The summed E-state index contributed by atoms with van der Waals surface area (Å²) in [6, 6.07) is 10.5. The molecule has 0 aliphatic heterocycles. The molecule has 2 aromatic heterocycles. The molecule has 0 N–H and O–H groups in total. The van der Waals surface area contributed by atoms with E-state index >= 15 is 0 Å². The third-order valence-electron chi connectivity index (χ3n) is 3.29. The van der Waals surface area contributed by atoms with Crippen LogP contribution in [0.4, 0.5) is 4.39 Å². The number of fused-ring (bicyclic) bond motifs is 1. The first-order valence-electron chi connectivity index (χ1n) is 5.98. The first kappa shape index (κ1) is 12.4. The molecule has 0 atom stereocenters. The van der Waals surface area contributed by atoms with E-state index in [0.29, 0.717) is 0 Å². The van der Waals surface area contributed by atoms with Crippen LogP contribution >= 0.6 is 15.9 Å². The number of imidazole rings is 1. The standard InChI is InChI=1S/C15H12BrFN2/c1-9-13(16)6-7-14-18-15(10(2)19(9)14)11-4-3-5-12(17)8-11/h3-8H,1-2H3. The van der Waals surface area contributed by atoms with Gasteiger partial charge in [-0.1, -0.05) is 12.1 Å². The zero-order valence-corrected chi connectivity index (χ0v) is 12.2. The number of benzene rings is 1. The van der Waals surface area contributed by atoms with E-state index in [1.807, 2.05) is 32.0 Å². The Hall–Kier alpha value is -1.68. The van der Waals surface area contributed by atoms with E-state index in [0.717, 1.165) is 32.8 Å². The Morgan fingerprint density at radius 1 is 1.11 bits per heavy atom. The third kappa shape index (κ3) is 1.96. The van der Waals surface area contributed by atoms with Crippen LogP contribution in [0.2, 0.25) is 0 Å². The number of nitrogens with zero attached hydrogens (tertiary/aromatic N) is 2. The Bertz CT molecular complexity index is 777. The number of halogens is 2. The van der Waals surface area contributed by atoms with Crippen LogP contribution in [0.25, 0.3) is 16.9 Å². The van der Waals surface area contributed by atoms with Gasteiger partial charge in [0.05, 0.1) is 5.69 Å². The second kappa shape index (κ2) is 4.46. The van der Waals surface area contributed by atoms with E-state index in [2.05, 4.69) is 25.3 Å². The lowest BCUT2D eigenvalue weighted by molar-refractivity contribution is 0.628. The van der Waals surface area contributed by atoms with Gasteiger partial charge in [-0.25, -0.2) is 9.37 Å². The second-order valence-electron chi connectivity index (χ2n) is 4.52. The van der Waals surface area contributed by atoms with Crippen LogP contribution in [0.3, 0.4) is 0 Å². The number of aryl methyl sites for hydroxylation is 2. The van der Waals surface area contributed by atoms with Gasteiger partial charge in [0.2, 0.25) is 0 Å². The van der Waals surface area contributed by atoms with Crippen molar-refractivity contribution in [2.24, 2.45) is 0 Å². The van der Waals surface area contributed by atoms with Crippen molar-refractivity contribution in [2.45, 2.75) is 13.8 Å². The molecule has 0 aliphatic rings. The molecule has 0 saturated heterocycles. The summed E-state index contributed by atoms with van der Waals surface area (Å²) in [6.45, 7) is 4.03. The fraction of sp³-hybridized carbons (Fsp3) is 0.133. The highest BCUT2D eigenvalue weighted by atomic mass is 79.9. The summed E-state index contributed by atoms with van der Waals surface area (Å²) in [5.74, 6) is -0.244. The highest BCUT2D eigenvalue weighted by Crippen LogP contribution is 2.27.